The maximum Gasteiger partial charge on any atom is 0.158 e. The number of ether oxygens (including phenoxy) is 1. The smallest absolute Gasteiger partial charge is 0.158 e. The van der Waals surface area contributed by atoms with Gasteiger partial charge in [0, 0.05) is 39.2 Å². The van der Waals surface area contributed by atoms with E-state index in [4.69, 9.17) is 5.11 Å². The van der Waals surface area contributed by atoms with Gasteiger partial charge in [-0.1, -0.05) is 0 Å². The molecule has 5 heteroatoms. The van der Waals surface area contributed by atoms with Gasteiger partial charge in [-0.3, -0.25) is 14.4 Å². The Morgan fingerprint density at radius 3 is 1.83 bits per heavy atom. The standard InChI is InChI=1S/C13H22O5/c1-10(14)3-4-11(15)5-6-12(16)7-8-13(17)9-18-2/h10,14H,3-9H2,1-2H3. The number of methoxy groups -OCH3 is 1. The molecule has 0 aliphatic heterocycles. The molecule has 0 saturated heterocycles. The molecule has 0 fully saturated rings. The van der Waals surface area contributed by atoms with E-state index in [1.165, 1.54) is 7.11 Å². The molecule has 1 N–H and O–H groups in total. The lowest BCUT2D eigenvalue weighted by Gasteiger charge is -2.03. The van der Waals surface area contributed by atoms with Gasteiger partial charge in [0.15, 0.2) is 5.78 Å². The average molecular weight is 258 g/mol. The molecule has 0 heterocycles. The van der Waals surface area contributed by atoms with Gasteiger partial charge in [-0.2, -0.15) is 0 Å². The topological polar surface area (TPSA) is 80.7 Å². The van der Waals surface area contributed by atoms with Crippen molar-refractivity contribution in [3.05, 3.63) is 0 Å². The Morgan fingerprint density at radius 2 is 1.39 bits per heavy atom. The Morgan fingerprint density at radius 1 is 0.944 bits per heavy atom. The molecule has 0 bridgehead atoms. The summed E-state index contributed by atoms with van der Waals surface area (Å²) >= 11 is 0. The first kappa shape index (κ1) is 16.9. The molecule has 0 aromatic carbocycles. The number of carbonyl (C=O) groups is 3. The van der Waals surface area contributed by atoms with Gasteiger partial charge in [-0.05, 0) is 13.3 Å². The summed E-state index contributed by atoms with van der Waals surface area (Å²) in [6.07, 6.45) is 0.965. The van der Waals surface area contributed by atoms with Gasteiger partial charge in [-0.25, -0.2) is 0 Å². The third-order valence-corrected chi connectivity index (χ3v) is 2.51. The summed E-state index contributed by atoms with van der Waals surface area (Å²) in [5.41, 5.74) is 0. The van der Waals surface area contributed by atoms with E-state index in [0.29, 0.717) is 12.8 Å². The van der Waals surface area contributed by atoms with Crippen molar-refractivity contribution in [3.8, 4) is 0 Å². The van der Waals surface area contributed by atoms with Crippen molar-refractivity contribution in [2.24, 2.45) is 0 Å². The van der Waals surface area contributed by atoms with Crippen LogP contribution in [0, 0.1) is 0 Å². The van der Waals surface area contributed by atoms with E-state index >= 15 is 0 Å². The van der Waals surface area contributed by atoms with Crippen LogP contribution in [0.4, 0.5) is 0 Å². The Labute approximate surface area is 108 Å². The fourth-order valence-corrected chi connectivity index (χ4v) is 1.41. The normalized spacial score (nSPS) is 12.2. The minimum Gasteiger partial charge on any atom is -0.393 e. The molecule has 0 aliphatic carbocycles. The lowest BCUT2D eigenvalue weighted by Crippen LogP contribution is -2.11. The SMILES string of the molecule is COCC(=O)CCC(=O)CCC(=O)CCC(C)O. The lowest BCUT2D eigenvalue weighted by atomic mass is 10.0. The van der Waals surface area contributed by atoms with Crippen molar-refractivity contribution in [1.29, 1.82) is 0 Å². The van der Waals surface area contributed by atoms with E-state index in [0.717, 1.165) is 0 Å². The van der Waals surface area contributed by atoms with Gasteiger partial charge < -0.3 is 9.84 Å². The second-order valence-electron chi connectivity index (χ2n) is 4.44. The van der Waals surface area contributed by atoms with E-state index < -0.39 is 6.10 Å². The summed E-state index contributed by atoms with van der Waals surface area (Å²) in [5, 5.41) is 9.01. The fraction of sp³-hybridized carbons (Fsp3) is 0.769. The van der Waals surface area contributed by atoms with Gasteiger partial charge in [0.2, 0.25) is 0 Å². The van der Waals surface area contributed by atoms with Crippen LogP contribution in [-0.2, 0) is 19.1 Å². The molecule has 1 atom stereocenters. The summed E-state index contributed by atoms with van der Waals surface area (Å²) in [4.78, 5) is 33.8. The Kier molecular flexibility index (Phi) is 9.32. The maximum atomic E-state index is 11.4. The Balaban J connectivity index is 3.64. The van der Waals surface area contributed by atoms with Crippen molar-refractivity contribution >= 4 is 17.3 Å². The predicted molar refractivity (Wildman–Crippen MR) is 66.3 cm³/mol. The Hall–Kier alpha value is -1.07. The van der Waals surface area contributed by atoms with Crippen LogP contribution in [0.1, 0.15) is 45.4 Å². The van der Waals surface area contributed by atoms with Crippen LogP contribution in [0.2, 0.25) is 0 Å². The van der Waals surface area contributed by atoms with Crippen LogP contribution >= 0.6 is 0 Å². The molecular formula is C13H22O5. The van der Waals surface area contributed by atoms with Gasteiger partial charge in [0.05, 0.1) is 6.10 Å². The summed E-state index contributed by atoms with van der Waals surface area (Å²) in [6.45, 7) is 1.65. The summed E-state index contributed by atoms with van der Waals surface area (Å²) in [5.74, 6) is -0.205. The van der Waals surface area contributed by atoms with Crippen molar-refractivity contribution in [1.82, 2.24) is 0 Å². The first-order chi connectivity index (χ1) is 8.45. The summed E-state index contributed by atoms with van der Waals surface area (Å²) in [6, 6.07) is 0. The summed E-state index contributed by atoms with van der Waals surface area (Å²) in [7, 11) is 1.43. The van der Waals surface area contributed by atoms with Gasteiger partial charge >= 0.3 is 0 Å². The molecule has 104 valence electrons. The van der Waals surface area contributed by atoms with E-state index in [9.17, 15) is 14.4 Å². The zero-order valence-electron chi connectivity index (χ0n) is 11.1. The van der Waals surface area contributed by atoms with Crippen LogP contribution in [0.25, 0.3) is 0 Å². The van der Waals surface area contributed by atoms with Gasteiger partial charge in [-0.15, -0.1) is 0 Å². The molecule has 0 aliphatic rings. The van der Waals surface area contributed by atoms with Crippen LogP contribution in [0.3, 0.4) is 0 Å². The minimum atomic E-state index is -0.490. The van der Waals surface area contributed by atoms with Crippen LogP contribution in [0.5, 0.6) is 0 Å². The highest BCUT2D eigenvalue weighted by atomic mass is 16.5. The predicted octanol–water partition coefficient (Wildman–Crippen LogP) is 1.06. The number of carbonyl (C=O) groups excluding carboxylic acids is 3. The highest BCUT2D eigenvalue weighted by Gasteiger charge is 2.10. The number of aliphatic hydroxyl groups is 1. The molecule has 0 radical (unpaired) electrons. The zero-order chi connectivity index (χ0) is 14.0. The van der Waals surface area contributed by atoms with E-state index in [1.807, 2.05) is 0 Å². The Bertz CT molecular complexity index is 283. The van der Waals surface area contributed by atoms with E-state index in [2.05, 4.69) is 4.74 Å². The largest absolute Gasteiger partial charge is 0.393 e. The van der Waals surface area contributed by atoms with Gasteiger partial charge in [0.1, 0.15) is 18.2 Å². The van der Waals surface area contributed by atoms with Crippen LogP contribution < -0.4 is 0 Å². The lowest BCUT2D eigenvalue weighted by molar-refractivity contribution is -0.127. The second kappa shape index (κ2) is 9.91. The molecule has 1 unspecified atom stereocenters. The molecule has 0 aromatic rings. The van der Waals surface area contributed by atoms with E-state index in [1.54, 1.807) is 6.92 Å². The second-order valence-corrected chi connectivity index (χ2v) is 4.44. The average Bonchev–Trinajstić information content (AvgIpc) is 2.31. The first-order valence-corrected chi connectivity index (χ1v) is 6.17. The number of ketones is 3. The summed E-state index contributed by atoms with van der Waals surface area (Å²) < 4.78 is 4.65. The molecule has 0 saturated carbocycles. The quantitative estimate of drug-likeness (QED) is 0.599. The number of hydrogen-bond acceptors (Lipinski definition) is 5. The van der Waals surface area contributed by atoms with E-state index in [-0.39, 0.29) is 49.6 Å². The monoisotopic (exact) mass is 258 g/mol. The van der Waals surface area contributed by atoms with Crippen molar-refractivity contribution in [2.75, 3.05) is 13.7 Å². The highest BCUT2D eigenvalue weighted by Crippen LogP contribution is 2.05. The fourth-order valence-electron chi connectivity index (χ4n) is 1.41. The third-order valence-electron chi connectivity index (χ3n) is 2.51. The molecule has 0 rings (SSSR count). The van der Waals surface area contributed by atoms with Crippen molar-refractivity contribution in [3.63, 3.8) is 0 Å². The first-order valence-electron chi connectivity index (χ1n) is 6.17. The number of rotatable bonds is 11. The molecule has 0 aromatic heterocycles. The third kappa shape index (κ3) is 10.1. The number of aliphatic hydroxyl groups excluding tert-OH is 1. The van der Waals surface area contributed by atoms with Crippen LogP contribution in [0.15, 0.2) is 0 Å². The van der Waals surface area contributed by atoms with Crippen LogP contribution in [-0.4, -0.2) is 42.3 Å². The molecule has 0 spiro atoms. The maximum absolute atomic E-state index is 11.4. The minimum absolute atomic E-state index is 0.0209. The van der Waals surface area contributed by atoms with Crippen molar-refractivity contribution in [2.45, 2.75) is 51.6 Å². The molecule has 5 nitrogen and oxygen atoms in total. The molecule has 0 amide bonds. The van der Waals surface area contributed by atoms with Crippen molar-refractivity contribution < 1.29 is 24.2 Å². The molecular weight excluding hydrogens is 236 g/mol. The molecule has 18 heavy (non-hydrogen) atoms. The zero-order valence-corrected chi connectivity index (χ0v) is 11.1. The number of hydrogen-bond donors (Lipinski definition) is 1. The number of Topliss-reactive ketones (excluding diaryl/α,β-unsaturated/α-hetero) is 3. The highest BCUT2D eigenvalue weighted by molar-refractivity contribution is 5.89. The van der Waals surface area contributed by atoms with Gasteiger partial charge in [0.25, 0.3) is 0 Å².